The lowest BCUT2D eigenvalue weighted by molar-refractivity contribution is -0.118. The maximum atomic E-state index is 12.2. The minimum Gasteiger partial charge on any atom is -0.461 e. The molecule has 4 rings (SSSR count). The summed E-state index contributed by atoms with van der Waals surface area (Å²) in [4.78, 5) is 18.6. The van der Waals surface area contributed by atoms with E-state index < -0.39 is 0 Å². The first kappa shape index (κ1) is 16.5. The minimum atomic E-state index is -0.0199. The Bertz CT molecular complexity index is 911. The molecule has 3 aromatic rings. The highest BCUT2D eigenvalue weighted by Gasteiger charge is 2.33. The molecular weight excluding hydrogens is 332 g/mol. The van der Waals surface area contributed by atoms with E-state index in [4.69, 9.17) is 8.94 Å². The second-order valence-electron chi connectivity index (χ2n) is 6.67. The summed E-state index contributed by atoms with van der Waals surface area (Å²) in [5.41, 5.74) is 3.20. The molecule has 0 saturated carbocycles. The summed E-state index contributed by atoms with van der Waals surface area (Å²) >= 11 is 0. The van der Waals surface area contributed by atoms with Crippen LogP contribution in [0.5, 0.6) is 0 Å². The molecule has 1 aliphatic rings. The van der Waals surface area contributed by atoms with E-state index in [1.807, 2.05) is 25.1 Å². The highest BCUT2D eigenvalue weighted by atomic mass is 16.5. The van der Waals surface area contributed by atoms with Crippen LogP contribution in [0.2, 0.25) is 0 Å². The van der Waals surface area contributed by atoms with Gasteiger partial charge in [0.2, 0.25) is 17.6 Å². The number of amides is 1. The molecule has 0 aliphatic carbocycles. The van der Waals surface area contributed by atoms with Crippen molar-refractivity contribution in [2.45, 2.75) is 19.8 Å². The quantitative estimate of drug-likeness (QED) is 0.760. The molecule has 1 fully saturated rings. The molecule has 134 valence electrons. The predicted octanol–water partition coefficient (Wildman–Crippen LogP) is 2.98. The Labute approximate surface area is 151 Å². The number of hydrogen-bond acceptors (Lipinski definition) is 6. The monoisotopic (exact) mass is 352 g/mol. The van der Waals surface area contributed by atoms with Crippen LogP contribution in [0.3, 0.4) is 0 Å². The van der Waals surface area contributed by atoms with Gasteiger partial charge in [0.15, 0.2) is 5.76 Å². The maximum Gasteiger partial charge on any atom is 0.238 e. The van der Waals surface area contributed by atoms with Crippen molar-refractivity contribution in [2.75, 3.05) is 25.0 Å². The van der Waals surface area contributed by atoms with Crippen molar-refractivity contribution in [3.8, 4) is 11.6 Å². The van der Waals surface area contributed by atoms with Gasteiger partial charge in [-0.3, -0.25) is 9.69 Å². The predicted molar refractivity (Wildman–Crippen MR) is 95.7 cm³/mol. The van der Waals surface area contributed by atoms with Crippen molar-refractivity contribution in [3.05, 3.63) is 53.6 Å². The molecule has 7 heteroatoms. The van der Waals surface area contributed by atoms with Crippen LogP contribution in [0.15, 0.2) is 45.5 Å². The molecule has 7 nitrogen and oxygen atoms in total. The van der Waals surface area contributed by atoms with E-state index in [9.17, 15) is 4.79 Å². The van der Waals surface area contributed by atoms with Gasteiger partial charge in [0.25, 0.3) is 0 Å². The molecular formula is C19H20N4O3. The van der Waals surface area contributed by atoms with Gasteiger partial charge >= 0.3 is 0 Å². The van der Waals surface area contributed by atoms with Gasteiger partial charge in [0, 0.05) is 18.8 Å². The molecule has 26 heavy (non-hydrogen) atoms. The second-order valence-corrected chi connectivity index (χ2v) is 6.67. The summed E-state index contributed by atoms with van der Waals surface area (Å²) in [6.45, 7) is 5.88. The average molecular weight is 352 g/mol. The Kier molecular flexibility index (Phi) is 4.30. The molecule has 1 aliphatic heterocycles. The first-order valence-electron chi connectivity index (χ1n) is 8.55. The number of carbonyl (C=O) groups excluding carboxylic acids is 1. The van der Waals surface area contributed by atoms with Gasteiger partial charge in [-0.1, -0.05) is 11.2 Å². The Morgan fingerprint density at radius 3 is 2.85 bits per heavy atom. The van der Waals surface area contributed by atoms with Crippen LogP contribution in [0, 0.1) is 13.8 Å². The van der Waals surface area contributed by atoms with Gasteiger partial charge in [-0.15, -0.1) is 0 Å². The molecule has 1 aromatic carbocycles. The third-order valence-electron chi connectivity index (χ3n) is 4.65. The summed E-state index contributed by atoms with van der Waals surface area (Å²) in [5.74, 6) is 1.76. The molecule has 0 bridgehead atoms. The maximum absolute atomic E-state index is 12.2. The van der Waals surface area contributed by atoms with E-state index in [1.54, 1.807) is 18.4 Å². The Morgan fingerprint density at radius 1 is 1.27 bits per heavy atom. The summed E-state index contributed by atoms with van der Waals surface area (Å²) < 4.78 is 10.6. The number of benzene rings is 1. The van der Waals surface area contributed by atoms with E-state index >= 15 is 0 Å². The number of aromatic nitrogens is 2. The molecule has 2 aromatic heterocycles. The SMILES string of the molecule is Cc1ccc(NC(=O)CN2CC(c3nc(-c4ccco4)no3)C2)cc1C. The number of nitrogens with zero attached hydrogens (tertiary/aromatic N) is 3. The largest absolute Gasteiger partial charge is 0.461 e. The number of carbonyl (C=O) groups is 1. The number of aryl methyl sites for hydroxylation is 2. The Balaban J connectivity index is 1.28. The third kappa shape index (κ3) is 3.39. The van der Waals surface area contributed by atoms with E-state index in [0.717, 1.165) is 24.3 Å². The van der Waals surface area contributed by atoms with Crippen LogP contribution in [-0.4, -0.2) is 40.6 Å². The summed E-state index contributed by atoms with van der Waals surface area (Å²) in [6.07, 6.45) is 1.57. The lowest BCUT2D eigenvalue weighted by atomic mass is 10.0. The molecule has 0 atom stereocenters. The Hall–Kier alpha value is -2.93. The van der Waals surface area contributed by atoms with Gasteiger partial charge in [-0.25, -0.2) is 0 Å². The van der Waals surface area contributed by atoms with Crippen molar-refractivity contribution in [1.82, 2.24) is 15.0 Å². The normalized spacial score (nSPS) is 15.0. The summed E-state index contributed by atoms with van der Waals surface area (Å²) in [7, 11) is 0. The number of hydrogen-bond donors (Lipinski definition) is 1. The van der Waals surface area contributed by atoms with E-state index in [-0.39, 0.29) is 11.8 Å². The highest BCUT2D eigenvalue weighted by molar-refractivity contribution is 5.92. The van der Waals surface area contributed by atoms with E-state index in [2.05, 4.69) is 27.3 Å². The van der Waals surface area contributed by atoms with Crippen molar-refractivity contribution in [1.29, 1.82) is 0 Å². The smallest absolute Gasteiger partial charge is 0.238 e. The molecule has 1 amide bonds. The number of anilines is 1. The van der Waals surface area contributed by atoms with Crippen LogP contribution in [0.4, 0.5) is 5.69 Å². The van der Waals surface area contributed by atoms with Crippen LogP contribution >= 0.6 is 0 Å². The molecule has 1 N–H and O–H groups in total. The zero-order chi connectivity index (χ0) is 18.1. The molecule has 0 radical (unpaired) electrons. The number of likely N-dealkylation sites (tertiary alicyclic amines) is 1. The summed E-state index contributed by atoms with van der Waals surface area (Å²) in [6, 6.07) is 9.49. The van der Waals surface area contributed by atoms with Gasteiger partial charge in [0.1, 0.15) is 0 Å². The fraction of sp³-hybridized carbons (Fsp3) is 0.316. The zero-order valence-electron chi connectivity index (χ0n) is 14.7. The van der Waals surface area contributed by atoms with Gasteiger partial charge < -0.3 is 14.3 Å². The van der Waals surface area contributed by atoms with Gasteiger partial charge in [-0.2, -0.15) is 4.98 Å². The molecule has 1 saturated heterocycles. The van der Waals surface area contributed by atoms with Crippen LogP contribution in [-0.2, 0) is 4.79 Å². The van der Waals surface area contributed by atoms with E-state index in [1.165, 1.54) is 5.56 Å². The standard InChI is InChI=1S/C19H20N4O3/c1-12-5-6-15(8-13(12)2)20-17(24)11-23-9-14(10-23)19-21-18(22-26-19)16-4-3-7-25-16/h3-8,14H,9-11H2,1-2H3,(H,20,24). The van der Waals surface area contributed by atoms with Crippen LogP contribution in [0.1, 0.15) is 22.9 Å². The Morgan fingerprint density at radius 2 is 2.12 bits per heavy atom. The lowest BCUT2D eigenvalue weighted by Crippen LogP contribution is -2.48. The van der Waals surface area contributed by atoms with Crippen LogP contribution in [0.25, 0.3) is 11.6 Å². The zero-order valence-corrected chi connectivity index (χ0v) is 14.7. The highest BCUT2D eigenvalue weighted by Crippen LogP contribution is 2.27. The number of furan rings is 1. The lowest BCUT2D eigenvalue weighted by Gasteiger charge is -2.36. The minimum absolute atomic E-state index is 0.0199. The number of nitrogens with one attached hydrogen (secondary N) is 1. The van der Waals surface area contributed by atoms with Crippen molar-refractivity contribution in [3.63, 3.8) is 0 Å². The summed E-state index contributed by atoms with van der Waals surface area (Å²) in [5, 5.41) is 6.88. The molecule has 0 spiro atoms. The van der Waals surface area contributed by atoms with Crippen molar-refractivity contribution < 1.29 is 13.7 Å². The third-order valence-corrected chi connectivity index (χ3v) is 4.65. The topological polar surface area (TPSA) is 84.4 Å². The van der Waals surface area contributed by atoms with Gasteiger partial charge in [0.05, 0.1) is 18.7 Å². The first-order chi connectivity index (χ1) is 12.6. The average Bonchev–Trinajstić information content (AvgIpc) is 3.24. The van der Waals surface area contributed by atoms with Crippen LogP contribution < -0.4 is 5.32 Å². The first-order valence-corrected chi connectivity index (χ1v) is 8.55. The van der Waals surface area contributed by atoms with Crippen molar-refractivity contribution >= 4 is 11.6 Å². The van der Waals surface area contributed by atoms with E-state index in [0.29, 0.717) is 24.0 Å². The van der Waals surface area contributed by atoms with Crippen molar-refractivity contribution in [2.24, 2.45) is 0 Å². The second kappa shape index (κ2) is 6.76. The molecule has 0 unspecified atom stereocenters. The molecule has 3 heterocycles. The van der Waals surface area contributed by atoms with Gasteiger partial charge in [-0.05, 0) is 49.2 Å². The fourth-order valence-electron chi connectivity index (χ4n) is 2.98. The fourth-order valence-corrected chi connectivity index (χ4v) is 2.98. The number of rotatable bonds is 5.